The van der Waals surface area contributed by atoms with Crippen molar-refractivity contribution in [2.24, 2.45) is 0 Å². The predicted molar refractivity (Wildman–Crippen MR) is 423 cm³/mol. The van der Waals surface area contributed by atoms with E-state index in [1.54, 1.807) is 0 Å². The molecule has 1 aliphatic rings. The predicted octanol–water partition coefficient (Wildman–Crippen LogP) is 27.4. The number of hydrogen-bond donors (Lipinski definition) is 0. The second-order valence-corrected chi connectivity index (χ2v) is 29.0. The topological polar surface area (TPSA) is 6.48 Å². The van der Waals surface area contributed by atoms with Crippen LogP contribution in [-0.4, -0.2) is 0 Å². The van der Waals surface area contributed by atoms with E-state index in [2.05, 4.69) is 362 Å². The maximum Gasteiger partial charge on any atom is 0.0714 e. The summed E-state index contributed by atoms with van der Waals surface area (Å²) >= 11 is 5.60. The molecule has 0 saturated carbocycles. The zero-order valence-corrected chi connectivity index (χ0v) is 55.6. The number of hydrogen-bond acceptors (Lipinski definition) is 5. The van der Waals surface area contributed by atoms with E-state index in [1.165, 1.54) is 143 Å². The lowest BCUT2D eigenvalue weighted by Gasteiger charge is -2.35. The summed E-state index contributed by atoms with van der Waals surface area (Å²) in [5.74, 6) is 0. The quantitative estimate of drug-likeness (QED) is 0.127. The van der Waals surface area contributed by atoms with E-state index in [0.717, 1.165) is 39.7 Å². The molecule has 0 amide bonds. The third-order valence-electron chi connectivity index (χ3n) is 20.5. The maximum absolute atomic E-state index is 2.55. The summed E-state index contributed by atoms with van der Waals surface area (Å²) in [6.45, 7) is 0. The molecule has 0 spiro atoms. The van der Waals surface area contributed by atoms with Crippen LogP contribution in [0.5, 0.6) is 0 Å². The van der Waals surface area contributed by atoms with Crippen LogP contribution in [0.2, 0.25) is 0 Å². The van der Waals surface area contributed by atoms with E-state index in [4.69, 9.17) is 0 Å². The first-order valence-electron chi connectivity index (χ1n) is 33.5. The molecule has 458 valence electrons. The number of nitrogens with zero attached hydrogens (tertiary/aromatic N) is 2. The highest BCUT2D eigenvalue weighted by atomic mass is 32.1. The van der Waals surface area contributed by atoms with Crippen molar-refractivity contribution < 1.29 is 0 Å². The lowest BCUT2D eigenvalue weighted by atomic mass is 9.67. The Balaban J connectivity index is 0.738. The van der Waals surface area contributed by atoms with Gasteiger partial charge in [0.25, 0.3) is 0 Å². The van der Waals surface area contributed by atoms with Crippen LogP contribution in [0.25, 0.3) is 127 Å². The van der Waals surface area contributed by atoms with Gasteiger partial charge in [0, 0.05) is 93.8 Å². The third-order valence-corrected chi connectivity index (χ3v) is 24.0. The van der Waals surface area contributed by atoms with E-state index >= 15 is 0 Å². The van der Waals surface area contributed by atoms with E-state index in [9.17, 15) is 0 Å². The highest BCUT2D eigenvalue weighted by Crippen LogP contribution is 2.58. The second kappa shape index (κ2) is 22.7. The number of fused-ring (bicyclic) bond motifs is 14. The molecule has 1 aliphatic carbocycles. The summed E-state index contributed by atoms with van der Waals surface area (Å²) in [7, 11) is 0. The van der Waals surface area contributed by atoms with Crippen LogP contribution in [0, 0.1) is 0 Å². The van der Waals surface area contributed by atoms with Crippen molar-refractivity contribution in [3.63, 3.8) is 0 Å². The number of rotatable bonds is 11. The largest absolute Gasteiger partial charge is 0.309 e. The minimum atomic E-state index is -0.584. The Labute approximate surface area is 579 Å². The summed E-state index contributed by atoms with van der Waals surface area (Å²) in [6, 6.07) is 132. The molecule has 3 heterocycles. The first-order chi connectivity index (χ1) is 48.6. The molecule has 3 aromatic heterocycles. The van der Waals surface area contributed by atoms with Gasteiger partial charge in [0.2, 0.25) is 0 Å². The van der Waals surface area contributed by atoms with Crippen molar-refractivity contribution in [2.45, 2.75) is 5.41 Å². The van der Waals surface area contributed by atoms with Crippen molar-refractivity contribution in [1.29, 1.82) is 0 Å². The summed E-state index contributed by atoms with van der Waals surface area (Å²) in [4.78, 5) is 5.04. The average Bonchev–Trinajstić information content (AvgIpc) is 1.52. The molecule has 16 aromatic carbocycles. The monoisotopic (exact) mass is 1300 g/mol. The smallest absolute Gasteiger partial charge is 0.0714 e. The maximum atomic E-state index is 2.55. The minimum Gasteiger partial charge on any atom is -0.309 e. The summed E-state index contributed by atoms with van der Waals surface area (Å²) in [5.41, 5.74) is 20.7. The Kier molecular flexibility index (Phi) is 13.1. The lowest BCUT2D eigenvalue weighted by molar-refractivity contribution is 0.768. The Hall–Kier alpha value is -11.7. The fourth-order valence-electron chi connectivity index (χ4n) is 16.2. The number of anilines is 6. The van der Waals surface area contributed by atoms with Crippen molar-refractivity contribution in [3.05, 3.63) is 374 Å². The molecular formula is C93H58N2S3. The second-order valence-electron chi connectivity index (χ2n) is 25.8. The molecule has 20 rings (SSSR count). The Bertz CT molecular complexity index is 6370. The Morgan fingerprint density at radius 2 is 0.622 bits per heavy atom. The first kappa shape index (κ1) is 56.6. The van der Waals surface area contributed by atoms with Crippen LogP contribution in [0.4, 0.5) is 34.1 Å². The highest BCUT2D eigenvalue weighted by Gasteiger charge is 2.46. The molecule has 0 N–H and O–H groups in total. The van der Waals surface area contributed by atoms with Gasteiger partial charge < -0.3 is 9.80 Å². The van der Waals surface area contributed by atoms with E-state index in [1.807, 2.05) is 34.0 Å². The molecule has 0 radical (unpaired) electrons. The molecule has 0 bridgehead atoms. The molecule has 2 nitrogen and oxygen atoms in total. The van der Waals surface area contributed by atoms with Crippen LogP contribution in [-0.2, 0) is 5.41 Å². The fourth-order valence-corrected chi connectivity index (χ4v) is 19.5. The Morgan fingerprint density at radius 3 is 1.29 bits per heavy atom. The molecule has 0 aliphatic heterocycles. The van der Waals surface area contributed by atoms with Gasteiger partial charge >= 0.3 is 0 Å². The van der Waals surface area contributed by atoms with Crippen molar-refractivity contribution >= 4 is 150 Å². The average molecular weight is 1300 g/mol. The van der Waals surface area contributed by atoms with Crippen molar-refractivity contribution in [1.82, 2.24) is 0 Å². The standard InChI is InChI=1S/C93H58N2S3/c1-3-24-63(25-4-1)93(64-26-5-2-6-27-64)81-36-16-11-32-72(81)73-48-45-66(58-82(73)93)95(84-38-18-13-30-70(84)60-43-51-89-78(54-60)75-34-14-19-40-87(75)96-89)86-50-49-67(71-31-9-10-33-74(71)86)62-42-47-77-79-55-61(44-52-90(79)98-92(77)56-62)69-29-12-17-37-83(69)94(85-39-21-23-59-22-7-8-28-68(59)85)65-46-53-91-80(57-65)76-35-15-20-41-88(76)97-91/h1-58H. The van der Waals surface area contributed by atoms with Gasteiger partial charge in [-0.15, -0.1) is 34.0 Å². The summed E-state index contributed by atoms with van der Waals surface area (Å²) < 4.78 is 7.71. The van der Waals surface area contributed by atoms with E-state index in [0.29, 0.717) is 0 Å². The molecular weight excluding hydrogens is 1240 g/mol. The number of para-hydroxylation sites is 2. The minimum absolute atomic E-state index is 0.584. The van der Waals surface area contributed by atoms with Gasteiger partial charge in [-0.3, -0.25) is 0 Å². The number of benzene rings is 16. The van der Waals surface area contributed by atoms with Gasteiger partial charge in [-0.25, -0.2) is 0 Å². The van der Waals surface area contributed by atoms with Gasteiger partial charge in [0.05, 0.1) is 28.2 Å². The highest BCUT2D eigenvalue weighted by molar-refractivity contribution is 7.26. The van der Waals surface area contributed by atoms with Gasteiger partial charge in [0.1, 0.15) is 0 Å². The van der Waals surface area contributed by atoms with Gasteiger partial charge in [-0.1, -0.05) is 255 Å². The van der Waals surface area contributed by atoms with E-state index in [-0.39, 0.29) is 0 Å². The first-order valence-corrected chi connectivity index (χ1v) is 36.0. The molecule has 98 heavy (non-hydrogen) atoms. The molecule has 0 unspecified atom stereocenters. The van der Waals surface area contributed by atoms with Crippen LogP contribution in [0.3, 0.4) is 0 Å². The lowest BCUT2D eigenvalue weighted by Crippen LogP contribution is -2.28. The number of thiophene rings is 3. The summed E-state index contributed by atoms with van der Waals surface area (Å²) in [5, 5.41) is 12.4. The molecule has 0 fully saturated rings. The van der Waals surface area contributed by atoms with Crippen LogP contribution in [0.1, 0.15) is 22.3 Å². The zero-order valence-electron chi connectivity index (χ0n) is 53.1. The fraction of sp³-hybridized carbons (Fsp3) is 0.0108. The molecule has 5 heteroatoms. The zero-order chi connectivity index (χ0) is 64.4. The van der Waals surface area contributed by atoms with E-state index < -0.39 is 5.41 Å². The Morgan fingerprint density at radius 1 is 0.204 bits per heavy atom. The SMILES string of the molecule is c1ccc(C2(c3ccccc3)c3ccccc3-c3ccc(N(c4ccccc4-c4ccc5sc6ccccc6c5c4)c4ccc(-c5ccc6c(c5)sc5ccc(-c7ccccc7N(c7ccc8sc9ccccc9c8c7)c7cccc8ccccc78)cc56)c5ccccc45)cc32)cc1. The normalized spacial score (nSPS) is 12.6. The van der Waals surface area contributed by atoms with Crippen molar-refractivity contribution in [2.75, 3.05) is 9.80 Å². The molecule has 19 aromatic rings. The van der Waals surface area contributed by atoms with Crippen molar-refractivity contribution in [3.8, 4) is 44.5 Å². The van der Waals surface area contributed by atoms with Gasteiger partial charge in [0.15, 0.2) is 0 Å². The van der Waals surface area contributed by atoms with Crippen LogP contribution in [0.15, 0.2) is 352 Å². The van der Waals surface area contributed by atoms with Gasteiger partial charge in [-0.2, -0.15) is 0 Å². The van der Waals surface area contributed by atoms with Gasteiger partial charge in [-0.05, 0) is 163 Å². The molecule has 0 atom stereocenters. The van der Waals surface area contributed by atoms with Crippen LogP contribution < -0.4 is 9.80 Å². The van der Waals surface area contributed by atoms with Crippen LogP contribution >= 0.6 is 34.0 Å². The summed E-state index contributed by atoms with van der Waals surface area (Å²) in [6.07, 6.45) is 0. The molecule has 0 saturated heterocycles. The third kappa shape index (κ3) is 8.84.